The lowest BCUT2D eigenvalue weighted by molar-refractivity contribution is -0.120. The van der Waals surface area contributed by atoms with Gasteiger partial charge in [0.25, 0.3) is 0 Å². The number of benzene rings is 5. The maximum Gasteiger partial charge on any atom is 0.224 e. The van der Waals surface area contributed by atoms with E-state index in [1.165, 1.54) is 5.56 Å². The Kier molecular flexibility index (Phi) is 8.12. The summed E-state index contributed by atoms with van der Waals surface area (Å²) in [6.07, 6.45) is 1.02. The quantitative estimate of drug-likeness (QED) is 0.213. The molecule has 1 N–H and O–H groups in total. The van der Waals surface area contributed by atoms with E-state index in [2.05, 4.69) is 29.6 Å². The van der Waals surface area contributed by atoms with Gasteiger partial charge in [0, 0.05) is 6.54 Å². The topological polar surface area (TPSA) is 47.6 Å². The van der Waals surface area contributed by atoms with Gasteiger partial charge in [0.2, 0.25) is 5.91 Å². The van der Waals surface area contributed by atoms with Crippen molar-refractivity contribution >= 4 is 5.91 Å². The van der Waals surface area contributed by atoms with Crippen LogP contribution in [-0.2, 0) is 17.6 Å². The van der Waals surface area contributed by atoms with Crippen LogP contribution < -0.4 is 14.8 Å². The molecule has 0 aliphatic heterocycles. The van der Waals surface area contributed by atoms with E-state index in [0.717, 1.165) is 28.2 Å². The van der Waals surface area contributed by atoms with Crippen LogP contribution in [0.15, 0.2) is 133 Å². The molecule has 0 fully saturated rings. The largest absolute Gasteiger partial charge is 0.453 e. The molecule has 4 heteroatoms. The zero-order chi connectivity index (χ0) is 26.0. The Balaban J connectivity index is 1.19. The van der Waals surface area contributed by atoms with E-state index < -0.39 is 0 Å². The van der Waals surface area contributed by atoms with Crippen molar-refractivity contribution in [2.75, 3.05) is 6.54 Å². The van der Waals surface area contributed by atoms with Gasteiger partial charge in [-0.3, -0.25) is 4.79 Å². The molecule has 0 bridgehead atoms. The number of amides is 1. The summed E-state index contributed by atoms with van der Waals surface area (Å²) in [5.74, 6) is 2.73. The van der Waals surface area contributed by atoms with E-state index in [9.17, 15) is 4.79 Å². The summed E-state index contributed by atoms with van der Waals surface area (Å²) in [6.45, 7) is 0.532. The van der Waals surface area contributed by atoms with Crippen molar-refractivity contribution in [3.05, 3.63) is 145 Å². The molecule has 0 aliphatic rings. The predicted octanol–water partition coefficient (Wildman–Crippen LogP) is 7.84. The summed E-state index contributed by atoms with van der Waals surface area (Å²) in [5.41, 5.74) is 4.34. The van der Waals surface area contributed by atoms with E-state index in [-0.39, 0.29) is 5.91 Å². The minimum atomic E-state index is 0.00208. The number of hydrogen-bond acceptors (Lipinski definition) is 3. The maximum atomic E-state index is 12.6. The Morgan fingerprint density at radius 3 is 1.71 bits per heavy atom. The second kappa shape index (κ2) is 12.4. The fraction of sp³-hybridized carbons (Fsp3) is 0.0882. The van der Waals surface area contributed by atoms with Crippen LogP contribution in [0.25, 0.3) is 11.1 Å². The summed E-state index contributed by atoms with van der Waals surface area (Å²) < 4.78 is 12.2. The van der Waals surface area contributed by atoms with Crippen molar-refractivity contribution in [3.63, 3.8) is 0 Å². The van der Waals surface area contributed by atoms with Gasteiger partial charge in [-0.2, -0.15) is 0 Å². The zero-order valence-electron chi connectivity index (χ0n) is 21.0. The first-order valence-electron chi connectivity index (χ1n) is 12.7. The molecule has 5 aromatic carbocycles. The molecule has 5 aromatic rings. The molecule has 0 aromatic heterocycles. The van der Waals surface area contributed by atoms with Crippen LogP contribution in [0.2, 0.25) is 0 Å². The smallest absolute Gasteiger partial charge is 0.224 e. The highest BCUT2D eigenvalue weighted by molar-refractivity contribution is 5.78. The van der Waals surface area contributed by atoms with Crippen molar-refractivity contribution in [3.8, 4) is 34.1 Å². The Hall–Kier alpha value is -4.83. The van der Waals surface area contributed by atoms with Crippen LogP contribution in [0.4, 0.5) is 0 Å². The molecule has 0 saturated carbocycles. The first-order valence-corrected chi connectivity index (χ1v) is 12.7. The molecule has 0 spiro atoms. The summed E-state index contributed by atoms with van der Waals surface area (Å²) in [4.78, 5) is 12.6. The fourth-order valence-electron chi connectivity index (χ4n) is 4.14. The third-order valence-electron chi connectivity index (χ3n) is 6.11. The van der Waals surface area contributed by atoms with Crippen LogP contribution in [0.1, 0.15) is 11.1 Å². The molecule has 5 rings (SSSR count). The molecule has 0 heterocycles. The highest BCUT2D eigenvalue weighted by atomic mass is 16.5. The number of carbonyl (C=O) groups is 1. The van der Waals surface area contributed by atoms with Crippen LogP contribution in [-0.4, -0.2) is 12.5 Å². The van der Waals surface area contributed by atoms with Gasteiger partial charge in [0.05, 0.1) is 6.42 Å². The van der Waals surface area contributed by atoms with Gasteiger partial charge in [0.1, 0.15) is 11.5 Å². The van der Waals surface area contributed by atoms with Crippen molar-refractivity contribution < 1.29 is 14.3 Å². The van der Waals surface area contributed by atoms with E-state index in [1.54, 1.807) is 0 Å². The molecule has 0 radical (unpaired) electrons. The molecule has 0 unspecified atom stereocenters. The summed E-state index contributed by atoms with van der Waals surface area (Å²) in [7, 11) is 0. The predicted molar refractivity (Wildman–Crippen MR) is 152 cm³/mol. The van der Waals surface area contributed by atoms with Crippen LogP contribution in [0.3, 0.4) is 0 Å². The third kappa shape index (κ3) is 6.89. The second-order valence-corrected chi connectivity index (χ2v) is 8.95. The van der Waals surface area contributed by atoms with Crippen LogP contribution in [0, 0.1) is 0 Å². The van der Waals surface area contributed by atoms with E-state index in [4.69, 9.17) is 9.47 Å². The lowest BCUT2D eigenvalue weighted by Gasteiger charge is -2.14. The first kappa shape index (κ1) is 24.8. The third-order valence-corrected chi connectivity index (χ3v) is 6.11. The van der Waals surface area contributed by atoms with Gasteiger partial charge in [-0.15, -0.1) is 0 Å². The molecule has 38 heavy (non-hydrogen) atoms. The number of hydrogen-bond donors (Lipinski definition) is 1. The average molecular weight is 500 g/mol. The number of rotatable bonds is 10. The molecule has 1 amide bonds. The van der Waals surface area contributed by atoms with Crippen LogP contribution >= 0.6 is 0 Å². The SMILES string of the molecule is O=C(Cc1ccc(-c2ccccc2)cc1)NCCc1ccc(Oc2ccccc2)c(Oc2ccccc2)c1. The Bertz CT molecular complexity index is 1450. The van der Waals surface area contributed by atoms with Gasteiger partial charge in [-0.1, -0.05) is 97.1 Å². The average Bonchev–Trinajstić information content (AvgIpc) is 2.96. The molecule has 4 nitrogen and oxygen atoms in total. The minimum Gasteiger partial charge on any atom is -0.453 e. The lowest BCUT2D eigenvalue weighted by Crippen LogP contribution is -2.27. The molecular weight excluding hydrogens is 470 g/mol. The highest BCUT2D eigenvalue weighted by Gasteiger charge is 2.11. The standard InChI is InChI=1S/C34H29NO3/c36-34(25-26-16-19-29(20-17-26)28-10-4-1-5-11-28)35-23-22-27-18-21-32(37-30-12-6-2-7-13-30)33(24-27)38-31-14-8-3-9-15-31/h1-21,24H,22-23,25H2,(H,35,36). The maximum absolute atomic E-state index is 12.6. The zero-order valence-corrected chi connectivity index (χ0v) is 21.0. The molecule has 0 aliphatic carbocycles. The summed E-state index contributed by atoms with van der Waals surface area (Å²) >= 11 is 0. The number of carbonyl (C=O) groups excluding carboxylic acids is 1. The molecule has 0 atom stereocenters. The molecular formula is C34H29NO3. The van der Waals surface area contributed by atoms with E-state index in [1.807, 2.05) is 109 Å². The van der Waals surface area contributed by atoms with Gasteiger partial charge < -0.3 is 14.8 Å². The van der Waals surface area contributed by atoms with Gasteiger partial charge in [-0.25, -0.2) is 0 Å². The number of para-hydroxylation sites is 2. The molecule has 188 valence electrons. The van der Waals surface area contributed by atoms with Crippen molar-refractivity contribution in [1.29, 1.82) is 0 Å². The van der Waals surface area contributed by atoms with Crippen molar-refractivity contribution in [1.82, 2.24) is 5.32 Å². The van der Waals surface area contributed by atoms with E-state index >= 15 is 0 Å². The van der Waals surface area contributed by atoms with Crippen molar-refractivity contribution in [2.45, 2.75) is 12.8 Å². The van der Waals surface area contributed by atoms with Crippen molar-refractivity contribution in [2.24, 2.45) is 0 Å². The Morgan fingerprint density at radius 2 is 1.08 bits per heavy atom. The second-order valence-electron chi connectivity index (χ2n) is 8.95. The summed E-state index contributed by atoms with van der Waals surface area (Å²) in [5, 5.41) is 3.04. The number of ether oxygens (including phenoxy) is 2. The molecule has 0 saturated heterocycles. The number of nitrogens with one attached hydrogen (secondary N) is 1. The van der Waals surface area contributed by atoms with Gasteiger partial charge >= 0.3 is 0 Å². The fourth-order valence-corrected chi connectivity index (χ4v) is 4.14. The van der Waals surface area contributed by atoms with Gasteiger partial charge in [-0.05, 0) is 65.1 Å². The Morgan fingerprint density at radius 1 is 0.553 bits per heavy atom. The monoisotopic (exact) mass is 499 g/mol. The first-order chi connectivity index (χ1) is 18.7. The van der Waals surface area contributed by atoms with E-state index in [0.29, 0.717) is 30.9 Å². The highest BCUT2D eigenvalue weighted by Crippen LogP contribution is 2.35. The minimum absolute atomic E-state index is 0.00208. The summed E-state index contributed by atoms with van der Waals surface area (Å²) in [6, 6.07) is 43.5. The lowest BCUT2D eigenvalue weighted by atomic mass is 10.0. The Labute approximate surface area is 223 Å². The van der Waals surface area contributed by atoms with Gasteiger partial charge in [0.15, 0.2) is 11.5 Å². The van der Waals surface area contributed by atoms with Crippen LogP contribution in [0.5, 0.6) is 23.0 Å². The normalized spacial score (nSPS) is 10.5.